The van der Waals surface area contributed by atoms with E-state index in [9.17, 15) is 10.1 Å². The molecule has 0 aliphatic heterocycles. The maximum absolute atomic E-state index is 11.3. The third kappa shape index (κ3) is 1.37. The van der Waals surface area contributed by atoms with Gasteiger partial charge in [-0.25, -0.2) is 0 Å². The van der Waals surface area contributed by atoms with Crippen molar-refractivity contribution in [3.8, 4) is 6.07 Å². The molecule has 2 nitrogen and oxygen atoms in total. The maximum atomic E-state index is 11.3. The number of rotatable bonds is 0. The number of hydrogen-bond donors (Lipinski definition) is 0. The molecule has 0 N–H and O–H groups in total. The predicted octanol–water partition coefficient (Wildman–Crippen LogP) is 2.44. The smallest absolute Gasteiger partial charge is 0.133 e. The zero-order valence-electron chi connectivity index (χ0n) is 7.88. The summed E-state index contributed by atoms with van der Waals surface area (Å²) in [6.07, 6.45) is 6.66. The molecular formula is C11H15NO. The number of carbonyl (C=O) groups excluding carboxylic acids is 1. The monoisotopic (exact) mass is 177 g/mol. The van der Waals surface area contributed by atoms with E-state index in [-0.39, 0.29) is 5.41 Å². The molecule has 2 heteroatoms. The first-order chi connectivity index (χ1) is 6.27. The average Bonchev–Trinajstić information content (AvgIpc) is 2.18. The lowest BCUT2D eigenvalue weighted by Crippen LogP contribution is -2.38. The highest BCUT2D eigenvalue weighted by molar-refractivity contribution is 5.79. The van der Waals surface area contributed by atoms with Crippen molar-refractivity contribution in [2.24, 2.45) is 11.3 Å². The summed E-state index contributed by atoms with van der Waals surface area (Å²) < 4.78 is 0. The van der Waals surface area contributed by atoms with Crippen LogP contribution >= 0.6 is 0 Å². The van der Waals surface area contributed by atoms with Gasteiger partial charge < -0.3 is 0 Å². The first kappa shape index (κ1) is 8.74. The van der Waals surface area contributed by atoms with Crippen LogP contribution < -0.4 is 0 Å². The summed E-state index contributed by atoms with van der Waals surface area (Å²) in [7, 11) is 0. The van der Waals surface area contributed by atoms with Crippen LogP contribution in [0.15, 0.2) is 0 Å². The number of ketones is 1. The highest BCUT2D eigenvalue weighted by Crippen LogP contribution is 2.48. The van der Waals surface area contributed by atoms with Crippen molar-refractivity contribution in [3.63, 3.8) is 0 Å². The van der Waals surface area contributed by atoms with Gasteiger partial charge in [0.25, 0.3) is 0 Å². The van der Waals surface area contributed by atoms with Crippen LogP contribution in [-0.2, 0) is 4.79 Å². The number of Topliss-reactive ketones (excluding diaryl/α,β-unsaturated/α-hetero) is 1. The quantitative estimate of drug-likeness (QED) is 0.570. The van der Waals surface area contributed by atoms with Crippen molar-refractivity contribution in [2.45, 2.75) is 44.9 Å². The molecule has 2 aliphatic carbocycles. The van der Waals surface area contributed by atoms with Gasteiger partial charge in [0.05, 0.1) is 11.5 Å². The molecule has 0 bridgehead atoms. The molecule has 0 amide bonds. The molecule has 2 atom stereocenters. The van der Waals surface area contributed by atoms with Crippen LogP contribution in [-0.4, -0.2) is 5.78 Å². The van der Waals surface area contributed by atoms with Crippen molar-refractivity contribution in [2.75, 3.05) is 0 Å². The third-order valence-corrected chi connectivity index (χ3v) is 3.75. The lowest BCUT2D eigenvalue weighted by atomic mass is 9.60. The standard InChI is InChI=1S/C11H15NO/c12-8-11-5-2-1-3-9(11)7-10(13)4-6-11/h9H,1-7H2. The summed E-state index contributed by atoms with van der Waals surface area (Å²) in [6.45, 7) is 0. The molecule has 2 aliphatic rings. The van der Waals surface area contributed by atoms with E-state index in [1.807, 2.05) is 0 Å². The maximum Gasteiger partial charge on any atom is 0.133 e. The minimum atomic E-state index is -0.119. The van der Waals surface area contributed by atoms with Crippen molar-refractivity contribution < 1.29 is 4.79 Å². The Hall–Kier alpha value is -0.840. The van der Waals surface area contributed by atoms with E-state index in [2.05, 4.69) is 6.07 Å². The molecule has 2 saturated carbocycles. The Labute approximate surface area is 78.9 Å². The molecule has 0 heterocycles. The molecule has 0 aromatic heterocycles. The minimum absolute atomic E-state index is 0.119. The SMILES string of the molecule is N#CC12CCCCC1CC(=O)CC2. The van der Waals surface area contributed by atoms with E-state index in [1.165, 1.54) is 12.8 Å². The summed E-state index contributed by atoms with van der Waals surface area (Å²) in [5.41, 5.74) is -0.119. The largest absolute Gasteiger partial charge is 0.300 e. The fourth-order valence-electron chi connectivity index (χ4n) is 2.88. The number of nitrogens with zero attached hydrogens (tertiary/aromatic N) is 1. The summed E-state index contributed by atoms with van der Waals surface area (Å²) in [5, 5.41) is 9.20. The van der Waals surface area contributed by atoms with Crippen LogP contribution in [0.3, 0.4) is 0 Å². The molecular weight excluding hydrogens is 162 g/mol. The lowest BCUT2D eigenvalue weighted by molar-refractivity contribution is -0.124. The van der Waals surface area contributed by atoms with E-state index >= 15 is 0 Å². The van der Waals surface area contributed by atoms with Crippen LogP contribution in [0.5, 0.6) is 0 Å². The topological polar surface area (TPSA) is 40.9 Å². The Morgan fingerprint density at radius 3 is 3.00 bits per heavy atom. The van der Waals surface area contributed by atoms with Crippen molar-refractivity contribution >= 4 is 5.78 Å². The van der Waals surface area contributed by atoms with Gasteiger partial charge >= 0.3 is 0 Å². The number of carbonyl (C=O) groups is 1. The van der Waals surface area contributed by atoms with Crippen LogP contribution in [0, 0.1) is 22.7 Å². The van der Waals surface area contributed by atoms with E-state index in [0.29, 0.717) is 24.5 Å². The third-order valence-electron chi connectivity index (χ3n) is 3.75. The molecule has 2 unspecified atom stereocenters. The van der Waals surface area contributed by atoms with E-state index < -0.39 is 0 Å². The Morgan fingerprint density at radius 1 is 1.38 bits per heavy atom. The van der Waals surface area contributed by atoms with E-state index in [1.54, 1.807) is 0 Å². The molecule has 0 aromatic carbocycles. The molecule has 0 aromatic rings. The van der Waals surface area contributed by atoms with Gasteiger partial charge in [-0.3, -0.25) is 4.79 Å². The van der Waals surface area contributed by atoms with Gasteiger partial charge in [-0.05, 0) is 25.2 Å². The fraction of sp³-hybridized carbons (Fsp3) is 0.818. The van der Waals surface area contributed by atoms with Crippen molar-refractivity contribution in [1.82, 2.24) is 0 Å². The summed E-state index contributed by atoms with van der Waals surface area (Å²) >= 11 is 0. The van der Waals surface area contributed by atoms with Gasteiger partial charge in [0.15, 0.2) is 0 Å². The van der Waals surface area contributed by atoms with Gasteiger partial charge in [0, 0.05) is 12.8 Å². The zero-order chi connectivity index (χ0) is 9.31. The molecule has 0 saturated heterocycles. The summed E-state index contributed by atoms with van der Waals surface area (Å²) in [5.74, 6) is 0.755. The van der Waals surface area contributed by atoms with Crippen LogP contribution in [0.25, 0.3) is 0 Å². The first-order valence-corrected chi connectivity index (χ1v) is 5.20. The van der Waals surface area contributed by atoms with Crippen molar-refractivity contribution in [1.29, 1.82) is 5.26 Å². The fourth-order valence-corrected chi connectivity index (χ4v) is 2.88. The Balaban J connectivity index is 2.20. The van der Waals surface area contributed by atoms with Crippen molar-refractivity contribution in [3.05, 3.63) is 0 Å². The summed E-state index contributed by atoms with van der Waals surface area (Å²) in [4.78, 5) is 11.3. The van der Waals surface area contributed by atoms with Gasteiger partial charge in [-0.2, -0.15) is 5.26 Å². The Kier molecular flexibility index (Phi) is 2.11. The molecule has 13 heavy (non-hydrogen) atoms. The number of nitriles is 1. The molecule has 0 spiro atoms. The van der Waals surface area contributed by atoms with Gasteiger partial charge in [-0.1, -0.05) is 12.8 Å². The zero-order valence-corrected chi connectivity index (χ0v) is 7.88. The van der Waals surface area contributed by atoms with Crippen LogP contribution in [0.1, 0.15) is 44.9 Å². The van der Waals surface area contributed by atoms with Crippen LogP contribution in [0.4, 0.5) is 0 Å². The molecule has 2 rings (SSSR count). The second-order valence-corrected chi connectivity index (χ2v) is 4.45. The lowest BCUT2D eigenvalue weighted by Gasteiger charge is -2.41. The van der Waals surface area contributed by atoms with Gasteiger partial charge in [-0.15, -0.1) is 0 Å². The second-order valence-electron chi connectivity index (χ2n) is 4.45. The Bertz CT molecular complexity index is 266. The highest BCUT2D eigenvalue weighted by atomic mass is 16.1. The average molecular weight is 177 g/mol. The minimum Gasteiger partial charge on any atom is -0.300 e. The van der Waals surface area contributed by atoms with E-state index in [0.717, 1.165) is 19.3 Å². The molecule has 70 valence electrons. The molecule has 0 radical (unpaired) electrons. The normalized spacial score (nSPS) is 39.3. The Morgan fingerprint density at radius 2 is 2.23 bits per heavy atom. The molecule has 2 fully saturated rings. The number of hydrogen-bond acceptors (Lipinski definition) is 2. The number of fused-ring (bicyclic) bond motifs is 1. The van der Waals surface area contributed by atoms with Gasteiger partial charge in [0.1, 0.15) is 5.78 Å². The highest BCUT2D eigenvalue weighted by Gasteiger charge is 2.44. The first-order valence-electron chi connectivity index (χ1n) is 5.20. The summed E-state index contributed by atoms with van der Waals surface area (Å²) in [6, 6.07) is 2.49. The van der Waals surface area contributed by atoms with Crippen LogP contribution in [0.2, 0.25) is 0 Å². The van der Waals surface area contributed by atoms with Gasteiger partial charge in [0.2, 0.25) is 0 Å². The van der Waals surface area contributed by atoms with E-state index in [4.69, 9.17) is 0 Å². The second kappa shape index (κ2) is 3.14. The predicted molar refractivity (Wildman–Crippen MR) is 48.9 cm³/mol.